The van der Waals surface area contributed by atoms with Crippen LogP contribution in [0.2, 0.25) is 0 Å². The molecular formula is C15H22O3. The zero-order valence-electron chi connectivity index (χ0n) is 11.0. The quantitative estimate of drug-likeness (QED) is 0.789. The molecule has 1 unspecified atom stereocenters. The van der Waals surface area contributed by atoms with Crippen molar-refractivity contribution in [2.75, 3.05) is 19.8 Å². The van der Waals surface area contributed by atoms with Crippen LogP contribution in [-0.2, 0) is 4.74 Å². The van der Waals surface area contributed by atoms with Gasteiger partial charge in [0.1, 0.15) is 5.75 Å². The summed E-state index contributed by atoms with van der Waals surface area (Å²) >= 11 is 0. The first-order valence-electron chi connectivity index (χ1n) is 6.74. The normalized spacial score (nSPS) is 20.9. The van der Waals surface area contributed by atoms with Gasteiger partial charge in [0.05, 0.1) is 12.7 Å². The molecule has 1 heterocycles. The lowest BCUT2D eigenvalue weighted by Gasteiger charge is -2.10. The SMILES string of the molecule is C[C@@H](O)c1ccc(OCCCC2CCOC2)cc1. The van der Waals surface area contributed by atoms with Crippen molar-refractivity contribution < 1.29 is 14.6 Å². The maximum Gasteiger partial charge on any atom is 0.119 e. The molecule has 1 saturated heterocycles. The van der Waals surface area contributed by atoms with E-state index in [0.29, 0.717) is 0 Å². The van der Waals surface area contributed by atoms with E-state index >= 15 is 0 Å². The minimum Gasteiger partial charge on any atom is -0.494 e. The van der Waals surface area contributed by atoms with Crippen molar-refractivity contribution in [3.05, 3.63) is 29.8 Å². The zero-order valence-corrected chi connectivity index (χ0v) is 11.0. The van der Waals surface area contributed by atoms with Crippen LogP contribution in [0.15, 0.2) is 24.3 Å². The van der Waals surface area contributed by atoms with Gasteiger partial charge in [-0.15, -0.1) is 0 Å². The highest BCUT2D eigenvalue weighted by atomic mass is 16.5. The molecule has 0 radical (unpaired) electrons. The van der Waals surface area contributed by atoms with Crippen molar-refractivity contribution in [2.24, 2.45) is 5.92 Å². The number of ether oxygens (including phenoxy) is 2. The van der Waals surface area contributed by atoms with Gasteiger partial charge in [-0.3, -0.25) is 0 Å². The zero-order chi connectivity index (χ0) is 12.8. The summed E-state index contributed by atoms with van der Waals surface area (Å²) < 4.78 is 11.0. The fourth-order valence-electron chi connectivity index (χ4n) is 2.22. The highest BCUT2D eigenvalue weighted by Gasteiger charge is 2.14. The van der Waals surface area contributed by atoms with Crippen LogP contribution < -0.4 is 4.74 Å². The van der Waals surface area contributed by atoms with Gasteiger partial charge < -0.3 is 14.6 Å². The van der Waals surface area contributed by atoms with Gasteiger partial charge in [0.25, 0.3) is 0 Å². The van der Waals surface area contributed by atoms with Crippen LogP contribution in [0.1, 0.15) is 37.9 Å². The monoisotopic (exact) mass is 250 g/mol. The Morgan fingerprint density at radius 2 is 2.17 bits per heavy atom. The summed E-state index contributed by atoms with van der Waals surface area (Å²) in [7, 11) is 0. The van der Waals surface area contributed by atoms with Gasteiger partial charge in [-0.05, 0) is 49.8 Å². The number of rotatable bonds is 6. The summed E-state index contributed by atoms with van der Waals surface area (Å²) in [6.07, 6.45) is 3.04. The third-order valence-corrected chi connectivity index (χ3v) is 3.41. The molecule has 3 nitrogen and oxygen atoms in total. The number of aliphatic hydroxyl groups is 1. The Bertz CT molecular complexity index is 339. The third kappa shape index (κ3) is 4.00. The van der Waals surface area contributed by atoms with Crippen LogP contribution in [0.3, 0.4) is 0 Å². The van der Waals surface area contributed by atoms with Crippen LogP contribution in [0.25, 0.3) is 0 Å². The minimum atomic E-state index is -0.415. The summed E-state index contributed by atoms with van der Waals surface area (Å²) in [4.78, 5) is 0. The maximum absolute atomic E-state index is 9.40. The van der Waals surface area contributed by atoms with E-state index in [1.165, 1.54) is 12.8 Å². The molecule has 1 aromatic rings. The second kappa shape index (κ2) is 6.76. The second-order valence-electron chi connectivity index (χ2n) is 4.97. The molecule has 2 rings (SSSR count). The molecule has 0 aromatic heterocycles. The van der Waals surface area contributed by atoms with E-state index in [0.717, 1.165) is 43.5 Å². The molecule has 0 amide bonds. The van der Waals surface area contributed by atoms with Crippen molar-refractivity contribution >= 4 is 0 Å². The van der Waals surface area contributed by atoms with Crippen molar-refractivity contribution in [3.8, 4) is 5.75 Å². The fraction of sp³-hybridized carbons (Fsp3) is 0.600. The van der Waals surface area contributed by atoms with Gasteiger partial charge in [-0.2, -0.15) is 0 Å². The molecule has 0 aliphatic carbocycles. The summed E-state index contributed by atoms with van der Waals surface area (Å²) in [6, 6.07) is 7.65. The maximum atomic E-state index is 9.40. The summed E-state index contributed by atoms with van der Waals surface area (Å²) in [6.45, 7) is 4.36. The molecule has 1 aliphatic heterocycles. The van der Waals surface area contributed by atoms with Gasteiger partial charge in [0.15, 0.2) is 0 Å². The average molecular weight is 250 g/mol. The Balaban J connectivity index is 1.66. The van der Waals surface area contributed by atoms with E-state index in [-0.39, 0.29) is 0 Å². The highest BCUT2D eigenvalue weighted by Crippen LogP contribution is 2.20. The van der Waals surface area contributed by atoms with E-state index in [9.17, 15) is 5.11 Å². The average Bonchev–Trinajstić information content (AvgIpc) is 2.88. The molecule has 1 fully saturated rings. The molecular weight excluding hydrogens is 228 g/mol. The molecule has 1 N–H and O–H groups in total. The molecule has 2 atom stereocenters. The first kappa shape index (κ1) is 13.4. The molecule has 18 heavy (non-hydrogen) atoms. The summed E-state index contributed by atoms with van der Waals surface area (Å²) in [5.74, 6) is 1.60. The van der Waals surface area contributed by atoms with E-state index in [4.69, 9.17) is 9.47 Å². The van der Waals surface area contributed by atoms with Crippen LogP contribution >= 0.6 is 0 Å². The first-order valence-corrected chi connectivity index (χ1v) is 6.74. The lowest BCUT2D eigenvalue weighted by Crippen LogP contribution is -2.04. The van der Waals surface area contributed by atoms with Gasteiger partial charge in [-0.25, -0.2) is 0 Å². The van der Waals surface area contributed by atoms with Gasteiger partial charge in [0, 0.05) is 13.2 Å². The Morgan fingerprint density at radius 1 is 1.39 bits per heavy atom. The highest BCUT2D eigenvalue weighted by molar-refractivity contribution is 5.28. The molecule has 0 bridgehead atoms. The molecule has 1 aliphatic rings. The van der Waals surface area contributed by atoms with E-state index in [1.807, 2.05) is 24.3 Å². The Labute approximate surface area is 109 Å². The van der Waals surface area contributed by atoms with Crippen LogP contribution in [0, 0.1) is 5.92 Å². The first-order chi connectivity index (χ1) is 8.75. The second-order valence-corrected chi connectivity index (χ2v) is 4.97. The summed E-state index contributed by atoms with van der Waals surface area (Å²) in [5.41, 5.74) is 0.922. The topological polar surface area (TPSA) is 38.7 Å². The van der Waals surface area contributed by atoms with E-state index < -0.39 is 6.10 Å². The molecule has 0 saturated carbocycles. The number of hydrogen-bond acceptors (Lipinski definition) is 3. The molecule has 1 aromatic carbocycles. The number of hydrogen-bond donors (Lipinski definition) is 1. The standard InChI is InChI=1S/C15H22O3/c1-12(16)14-4-6-15(7-5-14)18-9-2-3-13-8-10-17-11-13/h4-7,12-13,16H,2-3,8-11H2,1H3/t12-,13?/m1/s1. The predicted octanol–water partition coefficient (Wildman–Crippen LogP) is 2.94. The van der Waals surface area contributed by atoms with Crippen molar-refractivity contribution in [1.82, 2.24) is 0 Å². The van der Waals surface area contributed by atoms with Crippen molar-refractivity contribution in [3.63, 3.8) is 0 Å². The molecule has 3 heteroatoms. The number of benzene rings is 1. The Kier molecular flexibility index (Phi) is 5.02. The fourth-order valence-corrected chi connectivity index (χ4v) is 2.22. The van der Waals surface area contributed by atoms with Gasteiger partial charge in [0.2, 0.25) is 0 Å². The lowest BCUT2D eigenvalue weighted by molar-refractivity contribution is 0.182. The van der Waals surface area contributed by atoms with Gasteiger partial charge >= 0.3 is 0 Å². The largest absolute Gasteiger partial charge is 0.494 e. The van der Waals surface area contributed by atoms with Crippen molar-refractivity contribution in [1.29, 1.82) is 0 Å². The minimum absolute atomic E-state index is 0.415. The number of aliphatic hydroxyl groups excluding tert-OH is 1. The smallest absolute Gasteiger partial charge is 0.119 e. The van der Waals surface area contributed by atoms with Crippen molar-refractivity contribution in [2.45, 2.75) is 32.3 Å². The molecule has 100 valence electrons. The third-order valence-electron chi connectivity index (χ3n) is 3.41. The molecule has 0 spiro atoms. The van der Waals surface area contributed by atoms with E-state index in [2.05, 4.69) is 0 Å². The van der Waals surface area contributed by atoms with Gasteiger partial charge in [-0.1, -0.05) is 12.1 Å². The Hall–Kier alpha value is -1.06. The summed E-state index contributed by atoms with van der Waals surface area (Å²) in [5, 5.41) is 9.40. The van der Waals surface area contributed by atoms with Crippen LogP contribution in [0.4, 0.5) is 0 Å². The Morgan fingerprint density at radius 3 is 2.78 bits per heavy atom. The lowest BCUT2D eigenvalue weighted by atomic mass is 10.0. The van der Waals surface area contributed by atoms with Crippen LogP contribution in [-0.4, -0.2) is 24.9 Å². The predicted molar refractivity (Wildman–Crippen MR) is 70.7 cm³/mol. The van der Waals surface area contributed by atoms with Crippen LogP contribution in [0.5, 0.6) is 5.75 Å². The van der Waals surface area contributed by atoms with E-state index in [1.54, 1.807) is 6.92 Å².